The highest BCUT2D eigenvalue weighted by Gasteiger charge is 2.18. The van der Waals surface area contributed by atoms with Gasteiger partial charge in [-0.1, -0.05) is 36.5 Å². The third kappa shape index (κ3) is 1.95. The Bertz CT molecular complexity index is 584. The standard InChI is InChI=1S/C14H13N3S/c15-14(18)13-7-12(5-6-16-13)17-8-10-3-1-2-4-11(10)9-17/h1-7H,8-9H2,(H2,15,18). The van der Waals surface area contributed by atoms with Gasteiger partial charge in [0.1, 0.15) is 4.99 Å². The van der Waals surface area contributed by atoms with E-state index in [9.17, 15) is 0 Å². The first-order chi connectivity index (χ1) is 8.74. The number of hydrogen-bond donors (Lipinski definition) is 1. The molecule has 0 fully saturated rings. The fourth-order valence-corrected chi connectivity index (χ4v) is 2.38. The highest BCUT2D eigenvalue weighted by molar-refractivity contribution is 7.80. The number of thiocarbonyl (C=S) groups is 1. The first kappa shape index (κ1) is 11.2. The van der Waals surface area contributed by atoms with E-state index >= 15 is 0 Å². The van der Waals surface area contributed by atoms with Gasteiger partial charge < -0.3 is 10.6 Å². The van der Waals surface area contributed by atoms with Gasteiger partial charge in [-0.05, 0) is 23.3 Å². The Hall–Kier alpha value is -1.94. The highest BCUT2D eigenvalue weighted by atomic mass is 32.1. The van der Waals surface area contributed by atoms with Crippen molar-refractivity contribution >= 4 is 22.9 Å². The fourth-order valence-electron chi connectivity index (χ4n) is 2.27. The molecule has 1 aliphatic heterocycles. The Morgan fingerprint density at radius 2 is 1.83 bits per heavy atom. The molecule has 90 valence electrons. The number of hydrogen-bond acceptors (Lipinski definition) is 3. The molecule has 2 heterocycles. The number of fused-ring (bicyclic) bond motifs is 1. The molecule has 0 bridgehead atoms. The van der Waals surface area contributed by atoms with E-state index < -0.39 is 0 Å². The van der Waals surface area contributed by atoms with Crippen molar-refractivity contribution in [3.63, 3.8) is 0 Å². The van der Waals surface area contributed by atoms with Gasteiger partial charge in [-0.3, -0.25) is 4.98 Å². The minimum Gasteiger partial charge on any atom is -0.388 e. The van der Waals surface area contributed by atoms with Gasteiger partial charge in [-0.25, -0.2) is 0 Å². The smallest absolute Gasteiger partial charge is 0.122 e. The second-order valence-corrected chi connectivity index (χ2v) is 4.83. The lowest BCUT2D eigenvalue weighted by molar-refractivity contribution is 0.878. The molecule has 2 N–H and O–H groups in total. The van der Waals surface area contributed by atoms with Crippen LogP contribution in [0.2, 0.25) is 0 Å². The first-order valence-corrected chi connectivity index (χ1v) is 6.22. The Morgan fingerprint density at radius 1 is 1.17 bits per heavy atom. The van der Waals surface area contributed by atoms with Crippen LogP contribution >= 0.6 is 12.2 Å². The molecule has 18 heavy (non-hydrogen) atoms. The van der Waals surface area contributed by atoms with Gasteiger partial charge >= 0.3 is 0 Å². The van der Waals surface area contributed by atoms with E-state index in [2.05, 4.69) is 34.1 Å². The maximum atomic E-state index is 5.62. The Labute approximate surface area is 111 Å². The summed E-state index contributed by atoms with van der Waals surface area (Å²) in [4.78, 5) is 6.81. The van der Waals surface area contributed by atoms with Crippen LogP contribution in [0.3, 0.4) is 0 Å². The molecule has 1 aromatic heterocycles. The number of aromatic nitrogens is 1. The quantitative estimate of drug-likeness (QED) is 0.836. The summed E-state index contributed by atoms with van der Waals surface area (Å²) in [5, 5.41) is 0. The summed E-state index contributed by atoms with van der Waals surface area (Å²) in [6.07, 6.45) is 1.76. The molecule has 3 rings (SSSR count). The van der Waals surface area contributed by atoms with Crippen LogP contribution < -0.4 is 10.6 Å². The van der Waals surface area contributed by atoms with Gasteiger partial charge in [-0.15, -0.1) is 0 Å². The Kier molecular flexibility index (Phi) is 2.72. The average Bonchev–Trinajstić information content (AvgIpc) is 2.82. The number of benzene rings is 1. The first-order valence-electron chi connectivity index (χ1n) is 5.81. The van der Waals surface area contributed by atoms with Gasteiger partial charge in [0.05, 0.1) is 5.69 Å². The molecule has 0 spiro atoms. The fraction of sp³-hybridized carbons (Fsp3) is 0.143. The summed E-state index contributed by atoms with van der Waals surface area (Å²) in [6.45, 7) is 1.86. The van der Waals surface area contributed by atoms with E-state index in [4.69, 9.17) is 18.0 Å². The summed E-state index contributed by atoms with van der Waals surface area (Å²) in [5.41, 5.74) is 10.2. The lowest BCUT2D eigenvalue weighted by Crippen LogP contribution is -2.17. The molecule has 0 saturated carbocycles. The van der Waals surface area contributed by atoms with Crippen molar-refractivity contribution in [1.29, 1.82) is 0 Å². The average molecular weight is 255 g/mol. The Balaban J connectivity index is 1.90. The summed E-state index contributed by atoms with van der Waals surface area (Å²) in [6, 6.07) is 12.4. The predicted octanol–water partition coefficient (Wildman–Crippen LogP) is 2.24. The van der Waals surface area contributed by atoms with E-state index in [-0.39, 0.29) is 0 Å². The van der Waals surface area contributed by atoms with Crippen molar-refractivity contribution in [2.75, 3.05) is 4.90 Å². The zero-order valence-corrected chi connectivity index (χ0v) is 10.7. The van der Waals surface area contributed by atoms with Gasteiger partial charge in [0, 0.05) is 25.0 Å². The maximum absolute atomic E-state index is 5.62. The molecule has 4 heteroatoms. The van der Waals surface area contributed by atoms with Crippen LogP contribution in [0.15, 0.2) is 42.6 Å². The van der Waals surface area contributed by atoms with Gasteiger partial charge in [0.2, 0.25) is 0 Å². The molecule has 0 radical (unpaired) electrons. The van der Waals surface area contributed by atoms with Crippen molar-refractivity contribution in [1.82, 2.24) is 4.98 Å². The van der Waals surface area contributed by atoms with Crippen LogP contribution in [0, 0.1) is 0 Å². The number of rotatable bonds is 2. The van der Waals surface area contributed by atoms with E-state index in [1.165, 1.54) is 11.1 Å². The van der Waals surface area contributed by atoms with E-state index in [0.29, 0.717) is 10.7 Å². The Morgan fingerprint density at radius 3 is 2.44 bits per heavy atom. The van der Waals surface area contributed by atoms with Gasteiger partial charge in [0.15, 0.2) is 0 Å². The molecule has 3 nitrogen and oxygen atoms in total. The van der Waals surface area contributed by atoms with Crippen molar-refractivity contribution in [3.05, 3.63) is 59.4 Å². The topological polar surface area (TPSA) is 42.1 Å². The molecule has 0 atom stereocenters. The largest absolute Gasteiger partial charge is 0.388 e. The highest BCUT2D eigenvalue weighted by Crippen LogP contribution is 2.27. The van der Waals surface area contributed by atoms with Gasteiger partial charge in [-0.2, -0.15) is 0 Å². The second kappa shape index (κ2) is 4.38. The molecular formula is C14H13N3S. The molecule has 0 saturated heterocycles. The van der Waals surface area contributed by atoms with Crippen LogP contribution in [-0.4, -0.2) is 9.97 Å². The van der Waals surface area contributed by atoms with Crippen molar-refractivity contribution in [2.45, 2.75) is 13.1 Å². The third-order valence-electron chi connectivity index (χ3n) is 3.20. The number of nitrogens with zero attached hydrogens (tertiary/aromatic N) is 2. The predicted molar refractivity (Wildman–Crippen MR) is 76.5 cm³/mol. The summed E-state index contributed by atoms with van der Waals surface area (Å²) < 4.78 is 0. The number of nitrogens with two attached hydrogens (primary N) is 1. The lowest BCUT2D eigenvalue weighted by atomic mass is 10.1. The maximum Gasteiger partial charge on any atom is 0.122 e. The van der Waals surface area contributed by atoms with Crippen LogP contribution in [0.4, 0.5) is 5.69 Å². The zero-order valence-electron chi connectivity index (χ0n) is 9.84. The zero-order chi connectivity index (χ0) is 12.5. The van der Waals surface area contributed by atoms with Crippen LogP contribution in [-0.2, 0) is 13.1 Å². The molecule has 2 aromatic rings. The normalized spacial score (nSPS) is 13.4. The second-order valence-electron chi connectivity index (χ2n) is 4.39. The lowest BCUT2D eigenvalue weighted by Gasteiger charge is -2.18. The number of anilines is 1. The van der Waals surface area contributed by atoms with E-state index in [0.717, 1.165) is 18.8 Å². The molecule has 1 aromatic carbocycles. The van der Waals surface area contributed by atoms with Crippen LogP contribution in [0.25, 0.3) is 0 Å². The van der Waals surface area contributed by atoms with Crippen LogP contribution in [0.5, 0.6) is 0 Å². The number of pyridine rings is 1. The SMILES string of the molecule is NC(=S)c1cc(N2Cc3ccccc3C2)ccn1. The van der Waals surface area contributed by atoms with E-state index in [1.54, 1.807) is 6.20 Å². The summed E-state index contributed by atoms with van der Waals surface area (Å²) >= 11 is 4.96. The molecule has 1 aliphatic rings. The van der Waals surface area contributed by atoms with Crippen molar-refractivity contribution < 1.29 is 0 Å². The minimum absolute atomic E-state index is 0.341. The summed E-state index contributed by atoms with van der Waals surface area (Å²) in [5.74, 6) is 0. The molecule has 0 aliphatic carbocycles. The monoisotopic (exact) mass is 255 g/mol. The molecule has 0 unspecified atom stereocenters. The molecular weight excluding hydrogens is 242 g/mol. The third-order valence-corrected chi connectivity index (χ3v) is 3.41. The molecule has 0 amide bonds. The minimum atomic E-state index is 0.341. The van der Waals surface area contributed by atoms with E-state index in [1.807, 2.05) is 12.1 Å². The summed E-state index contributed by atoms with van der Waals surface area (Å²) in [7, 11) is 0. The van der Waals surface area contributed by atoms with Gasteiger partial charge in [0.25, 0.3) is 0 Å². The van der Waals surface area contributed by atoms with Crippen LogP contribution in [0.1, 0.15) is 16.8 Å². The van der Waals surface area contributed by atoms with Crippen molar-refractivity contribution in [3.8, 4) is 0 Å². The van der Waals surface area contributed by atoms with Crippen molar-refractivity contribution in [2.24, 2.45) is 5.73 Å².